The molecule has 1 aliphatic rings. The number of hydrogen-bond donors (Lipinski definition) is 1. The Balaban J connectivity index is 1.42. The molecule has 1 aliphatic carbocycles. The van der Waals surface area contributed by atoms with Crippen molar-refractivity contribution in [1.29, 1.82) is 0 Å². The molecule has 1 aromatic carbocycles. The molecule has 0 atom stereocenters. The number of benzene rings is 1. The van der Waals surface area contributed by atoms with Crippen LogP contribution < -0.4 is 0 Å². The number of aromatic nitrogens is 6. The van der Waals surface area contributed by atoms with Crippen molar-refractivity contribution in [2.24, 2.45) is 0 Å². The number of aromatic amines is 1. The summed E-state index contributed by atoms with van der Waals surface area (Å²) >= 11 is 0. The van der Waals surface area contributed by atoms with Crippen LogP contribution in [0, 0.1) is 0 Å². The molecule has 2 heterocycles. The fourth-order valence-corrected chi connectivity index (χ4v) is 3.88. The van der Waals surface area contributed by atoms with Crippen molar-refractivity contribution in [1.82, 2.24) is 35.1 Å². The summed E-state index contributed by atoms with van der Waals surface area (Å²) in [5.41, 5.74) is 3.52. The first-order chi connectivity index (χ1) is 12.8. The van der Waals surface area contributed by atoms with Crippen LogP contribution in [0.5, 0.6) is 0 Å². The van der Waals surface area contributed by atoms with Crippen molar-refractivity contribution in [3.63, 3.8) is 0 Å². The third-order valence-electron chi connectivity index (χ3n) is 5.13. The lowest BCUT2D eigenvalue weighted by molar-refractivity contribution is 0.290. The third-order valence-corrected chi connectivity index (χ3v) is 5.13. The molecular weight excluding hydrogens is 326 g/mol. The Labute approximate surface area is 153 Å². The largest absolute Gasteiger partial charge is 0.330 e. The Morgan fingerprint density at radius 1 is 1.19 bits per heavy atom. The maximum Gasteiger partial charge on any atom is 0.204 e. The Morgan fingerprint density at radius 2 is 2.08 bits per heavy atom. The average Bonchev–Trinajstić information content (AvgIpc) is 3.34. The van der Waals surface area contributed by atoms with Gasteiger partial charge in [-0.3, -0.25) is 4.90 Å². The smallest absolute Gasteiger partial charge is 0.204 e. The molecule has 0 bridgehead atoms. The van der Waals surface area contributed by atoms with Gasteiger partial charge in [-0.25, -0.2) is 4.98 Å². The minimum absolute atomic E-state index is 0.621. The molecule has 7 nitrogen and oxygen atoms in total. The summed E-state index contributed by atoms with van der Waals surface area (Å²) in [7, 11) is 2.15. The third kappa shape index (κ3) is 3.83. The van der Waals surface area contributed by atoms with E-state index < -0.39 is 0 Å². The number of H-pyrrole nitrogens is 1. The molecule has 0 amide bonds. The maximum atomic E-state index is 4.41. The van der Waals surface area contributed by atoms with E-state index in [1.807, 2.05) is 24.7 Å². The second-order valence-corrected chi connectivity index (χ2v) is 7.19. The molecule has 0 saturated heterocycles. The number of tetrazole rings is 1. The highest BCUT2D eigenvalue weighted by Gasteiger charge is 2.18. The van der Waals surface area contributed by atoms with Gasteiger partial charge < -0.3 is 4.57 Å². The molecule has 3 aromatic rings. The van der Waals surface area contributed by atoms with E-state index in [9.17, 15) is 0 Å². The predicted molar refractivity (Wildman–Crippen MR) is 99.1 cm³/mol. The van der Waals surface area contributed by atoms with E-state index in [2.05, 4.69) is 54.3 Å². The van der Waals surface area contributed by atoms with Gasteiger partial charge >= 0.3 is 0 Å². The van der Waals surface area contributed by atoms with Gasteiger partial charge in [-0.15, -0.1) is 10.2 Å². The summed E-state index contributed by atoms with van der Waals surface area (Å²) in [6, 6.07) is 8.93. The summed E-state index contributed by atoms with van der Waals surface area (Å²) in [4.78, 5) is 6.74. The molecule has 0 spiro atoms. The Bertz CT molecular complexity index is 818. The molecule has 0 unspecified atom stereocenters. The van der Waals surface area contributed by atoms with Crippen LogP contribution in [0.2, 0.25) is 0 Å². The Hall–Kier alpha value is -2.54. The second-order valence-electron chi connectivity index (χ2n) is 7.19. The number of rotatable bonds is 6. The normalized spacial score (nSPS) is 15.6. The monoisotopic (exact) mass is 351 g/mol. The lowest BCUT2D eigenvalue weighted by Gasteiger charge is -2.26. The van der Waals surface area contributed by atoms with Crippen molar-refractivity contribution < 1.29 is 0 Å². The molecule has 4 rings (SSSR count). The van der Waals surface area contributed by atoms with Crippen LogP contribution in [0.25, 0.3) is 11.4 Å². The molecule has 2 aromatic heterocycles. The lowest BCUT2D eigenvalue weighted by Crippen LogP contribution is -2.21. The molecular formula is C19H25N7. The van der Waals surface area contributed by atoms with Crippen LogP contribution in [-0.4, -0.2) is 42.1 Å². The summed E-state index contributed by atoms with van der Waals surface area (Å²) in [6.45, 7) is 1.75. The molecule has 0 aliphatic heterocycles. The highest BCUT2D eigenvalue weighted by atomic mass is 15.5. The van der Waals surface area contributed by atoms with Gasteiger partial charge in [0.05, 0.1) is 12.0 Å². The van der Waals surface area contributed by atoms with Gasteiger partial charge in [-0.1, -0.05) is 37.5 Å². The standard InChI is InChI=1S/C19H25N7/c1-25(12-15-6-5-7-16(10-15)19-21-23-24-22-19)13-18-11-20-14-26(18)17-8-3-2-4-9-17/h5-7,10-11,14,17H,2-4,8-9,12-13H2,1H3,(H,21,22,23,24). The van der Waals surface area contributed by atoms with Crippen molar-refractivity contribution >= 4 is 0 Å². The van der Waals surface area contributed by atoms with Crippen molar-refractivity contribution in [3.05, 3.63) is 48.0 Å². The van der Waals surface area contributed by atoms with Crippen molar-refractivity contribution in [2.45, 2.75) is 51.2 Å². The molecule has 1 N–H and O–H groups in total. The zero-order valence-corrected chi connectivity index (χ0v) is 15.2. The highest BCUT2D eigenvalue weighted by molar-refractivity contribution is 5.54. The quantitative estimate of drug-likeness (QED) is 0.738. The molecule has 0 radical (unpaired) electrons. The maximum absolute atomic E-state index is 4.41. The van der Waals surface area contributed by atoms with Gasteiger partial charge in [0.2, 0.25) is 5.82 Å². The molecule has 1 fully saturated rings. The molecule has 136 valence electrons. The van der Waals surface area contributed by atoms with E-state index in [1.54, 1.807) is 0 Å². The van der Waals surface area contributed by atoms with Gasteiger partial charge in [0.25, 0.3) is 0 Å². The van der Waals surface area contributed by atoms with Gasteiger partial charge in [-0.2, -0.15) is 5.21 Å². The van der Waals surface area contributed by atoms with Gasteiger partial charge in [-0.05, 0) is 36.7 Å². The molecule has 1 saturated carbocycles. The number of nitrogens with one attached hydrogen (secondary N) is 1. The van der Waals surface area contributed by atoms with E-state index in [-0.39, 0.29) is 0 Å². The predicted octanol–water partition coefficient (Wildman–Crippen LogP) is 3.20. The van der Waals surface area contributed by atoms with Crippen LogP contribution in [0.15, 0.2) is 36.8 Å². The summed E-state index contributed by atoms with van der Waals surface area (Å²) in [6.07, 6.45) is 10.6. The summed E-state index contributed by atoms with van der Waals surface area (Å²) in [5, 5.41) is 14.3. The van der Waals surface area contributed by atoms with Crippen LogP contribution in [0.4, 0.5) is 0 Å². The second kappa shape index (κ2) is 7.78. The number of imidazole rings is 1. The fourth-order valence-electron chi connectivity index (χ4n) is 3.88. The van der Waals surface area contributed by atoms with E-state index in [0.717, 1.165) is 18.7 Å². The Morgan fingerprint density at radius 3 is 2.88 bits per heavy atom. The zero-order chi connectivity index (χ0) is 17.8. The SMILES string of the molecule is CN(Cc1cccc(-c2nn[nH]n2)c1)Cc1cncn1C1CCCCC1. The molecule has 26 heavy (non-hydrogen) atoms. The lowest BCUT2D eigenvalue weighted by atomic mass is 9.95. The van der Waals surface area contributed by atoms with Crippen LogP contribution >= 0.6 is 0 Å². The topological polar surface area (TPSA) is 75.5 Å². The first-order valence-corrected chi connectivity index (χ1v) is 9.31. The fraction of sp³-hybridized carbons (Fsp3) is 0.474. The van der Waals surface area contributed by atoms with Crippen LogP contribution in [0.3, 0.4) is 0 Å². The van der Waals surface area contributed by atoms with E-state index in [4.69, 9.17) is 0 Å². The minimum atomic E-state index is 0.621. The van der Waals surface area contributed by atoms with Crippen LogP contribution in [0.1, 0.15) is 49.4 Å². The van der Waals surface area contributed by atoms with E-state index in [1.165, 1.54) is 43.4 Å². The van der Waals surface area contributed by atoms with Gasteiger partial charge in [0, 0.05) is 30.9 Å². The number of nitrogens with zero attached hydrogens (tertiary/aromatic N) is 6. The van der Waals surface area contributed by atoms with Gasteiger partial charge in [0.15, 0.2) is 0 Å². The van der Waals surface area contributed by atoms with Crippen LogP contribution in [-0.2, 0) is 13.1 Å². The van der Waals surface area contributed by atoms with E-state index >= 15 is 0 Å². The zero-order valence-electron chi connectivity index (χ0n) is 15.2. The summed E-state index contributed by atoms with van der Waals surface area (Å²) < 4.78 is 2.39. The minimum Gasteiger partial charge on any atom is -0.330 e. The molecule has 7 heteroatoms. The Kier molecular flexibility index (Phi) is 5.06. The van der Waals surface area contributed by atoms with Crippen molar-refractivity contribution in [2.75, 3.05) is 7.05 Å². The first-order valence-electron chi connectivity index (χ1n) is 9.31. The van der Waals surface area contributed by atoms with E-state index in [0.29, 0.717) is 11.9 Å². The summed E-state index contributed by atoms with van der Waals surface area (Å²) in [5.74, 6) is 0.630. The van der Waals surface area contributed by atoms with Crippen molar-refractivity contribution in [3.8, 4) is 11.4 Å². The van der Waals surface area contributed by atoms with Gasteiger partial charge in [0.1, 0.15) is 0 Å². The first kappa shape index (κ1) is 16.9. The number of hydrogen-bond acceptors (Lipinski definition) is 5. The highest BCUT2D eigenvalue weighted by Crippen LogP contribution is 2.29. The average molecular weight is 351 g/mol.